The van der Waals surface area contributed by atoms with Crippen molar-refractivity contribution in [1.29, 1.82) is 0 Å². The topological polar surface area (TPSA) is 76.7 Å². The third kappa shape index (κ3) is 6.18. The van der Waals surface area contributed by atoms with Crippen molar-refractivity contribution in [3.8, 4) is 11.5 Å². The van der Waals surface area contributed by atoms with Gasteiger partial charge in [0.15, 0.2) is 6.61 Å². The quantitative estimate of drug-likeness (QED) is 0.679. The van der Waals surface area contributed by atoms with Crippen LogP contribution in [-0.4, -0.2) is 38.6 Å². The van der Waals surface area contributed by atoms with Gasteiger partial charge in [-0.3, -0.25) is 9.59 Å². The first-order valence-corrected chi connectivity index (χ1v) is 8.87. The summed E-state index contributed by atoms with van der Waals surface area (Å²) in [5.41, 5.74) is 2.29. The molecule has 0 saturated carbocycles. The van der Waals surface area contributed by atoms with Gasteiger partial charge in [-0.25, -0.2) is 0 Å². The number of hydrogen-bond acceptors (Lipinski definition) is 4. The van der Waals surface area contributed by atoms with Crippen LogP contribution in [0.5, 0.6) is 11.5 Å². The summed E-state index contributed by atoms with van der Waals surface area (Å²) < 4.78 is 10.6. The summed E-state index contributed by atoms with van der Waals surface area (Å²) >= 11 is 6.11. The molecule has 144 valence electrons. The first-order chi connectivity index (χ1) is 12.9. The second-order valence-electron chi connectivity index (χ2n) is 6.00. The Morgan fingerprint density at radius 3 is 2.33 bits per heavy atom. The largest absolute Gasteiger partial charge is 0.497 e. The van der Waals surface area contributed by atoms with E-state index in [1.165, 1.54) is 0 Å². The first kappa shape index (κ1) is 20.6. The molecule has 0 heterocycles. The van der Waals surface area contributed by atoms with Gasteiger partial charge in [0.25, 0.3) is 11.8 Å². The molecule has 2 amide bonds. The number of carbonyl (C=O) groups excluding carboxylic acids is 2. The van der Waals surface area contributed by atoms with Crippen molar-refractivity contribution in [3.05, 3.63) is 58.1 Å². The average Bonchev–Trinajstić information content (AvgIpc) is 2.67. The van der Waals surface area contributed by atoms with Gasteiger partial charge in [0, 0.05) is 23.7 Å². The van der Waals surface area contributed by atoms with Crippen molar-refractivity contribution in [2.45, 2.75) is 13.8 Å². The van der Waals surface area contributed by atoms with Crippen molar-refractivity contribution in [2.24, 2.45) is 0 Å². The highest BCUT2D eigenvalue weighted by Gasteiger charge is 2.08. The number of methoxy groups -OCH3 is 1. The molecule has 2 aromatic rings. The van der Waals surface area contributed by atoms with E-state index in [1.807, 2.05) is 13.8 Å². The summed E-state index contributed by atoms with van der Waals surface area (Å²) in [6.07, 6.45) is 0. The van der Waals surface area contributed by atoms with Crippen molar-refractivity contribution in [1.82, 2.24) is 10.6 Å². The Balaban J connectivity index is 1.71. The SMILES string of the molecule is COc1cccc(C(=O)NCCNC(=O)COc2cc(C)c(Cl)c(C)c2)c1. The molecular weight excluding hydrogens is 368 g/mol. The van der Waals surface area contributed by atoms with Gasteiger partial charge in [-0.1, -0.05) is 17.7 Å². The second kappa shape index (κ2) is 9.83. The number of hydrogen-bond donors (Lipinski definition) is 2. The number of aryl methyl sites for hydroxylation is 2. The Morgan fingerprint density at radius 2 is 1.67 bits per heavy atom. The smallest absolute Gasteiger partial charge is 0.258 e. The van der Waals surface area contributed by atoms with Gasteiger partial charge in [-0.15, -0.1) is 0 Å². The lowest BCUT2D eigenvalue weighted by atomic mass is 10.1. The van der Waals surface area contributed by atoms with Crippen molar-refractivity contribution in [2.75, 3.05) is 26.8 Å². The Labute approximate surface area is 163 Å². The molecule has 0 aromatic heterocycles. The molecule has 0 spiro atoms. The third-order valence-electron chi connectivity index (χ3n) is 3.84. The highest BCUT2D eigenvalue weighted by Crippen LogP contribution is 2.25. The number of nitrogens with one attached hydrogen (secondary N) is 2. The van der Waals surface area contributed by atoms with Crippen LogP contribution in [0.2, 0.25) is 5.02 Å². The molecular formula is C20H23ClN2O4. The minimum Gasteiger partial charge on any atom is -0.497 e. The summed E-state index contributed by atoms with van der Waals surface area (Å²) in [6, 6.07) is 10.4. The van der Waals surface area contributed by atoms with Crippen LogP contribution in [-0.2, 0) is 4.79 Å². The zero-order chi connectivity index (χ0) is 19.8. The standard InChI is InChI=1S/C20H23ClN2O4/c1-13-9-17(10-14(2)19(13)21)27-12-18(24)22-7-8-23-20(25)15-5-4-6-16(11-15)26-3/h4-6,9-11H,7-8,12H2,1-3H3,(H,22,24)(H,23,25). The minimum absolute atomic E-state index is 0.107. The molecule has 2 rings (SSSR count). The van der Waals surface area contributed by atoms with Crippen LogP contribution in [0, 0.1) is 13.8 Å². The van der Waals surface area contributed by atoms with E-state index in [-0.39, 0.29) is 18.4 Å². The number of carbonyl (C=O) groups is 2. The lowest BCUT2D eigenvalue weighted by Crippen LogP contribution is -2.36. The van der Waals surface area contributed by atoms with E-state index in [4.69, 9.17) is 21.1 Å². The molecule has 0 saturated heterocycles. The fourth-order valence-corrected chi connectivity index (χ4v) is 2.54. The summed E-state index contributed by atoms with van der Waals surface area (Å²) in [7, 11) is 1.54. The van der Waals surface area contributed by atoms with Gasteiger partial charge < -0.3 is 20.1 Å². The number of ether oxygens (including phenoxy) is 2. The fraction of sp³-hybridized carbons (Fsp3) is 0.300. The van der Waals surface area contributed by atoms with Gasteiger partial charge in [-0.05, 0) is 55.3 Å². The maximum atomic E-state index is 12.0. The van der Waals surface area contributed by atoms with Crippen LogP contribution in [0.15, 0.2) is 36.4 Å². The summed E-state index contributed by atoms with van der Waals surface area (Å²) in [5, 5.41) is 6.12. The first-order valence-electron chi connectivity index (χ1n) is 8.49. The van der Waals surface area contributed by atoms with E-state index in [2.05, 4.69) is 10.6 Å². The molecule has 6 nitrogen and oxygen atoms in total. The van der Waals surface area contributed by atoms with Crippen molar-refractivity contribution in [3.63, 3.8) is 0 Å². The van der Waals surface area contributed by atoms with Crippen LogP contribution in [0.3, 0.4) is 0 Å². The van der Waals surface area contributed by atoms with Gasteiger partial charge >= 0.3 is 0 Å². The molecule has 0 bridgehead atoms. The number of benzene rings is 2. The molecule has 0 fully saturated rings. The van der Waals surface area contributed by atoms with E-state index in [0.717, 1.165) is 11.1 Å². The average molecular weight is 391 g/mol. The lowest BCUT2D eigenvalue weighted by Gasteiger charge is -2.11. The van der Waals surface area contributed by atoms with Crippen molar-refractivity contribution >= 4 is 23.4 Å². The van der Waals surface area contributed by atoms with Crippen LogP contribution >= 0.6 is 11.6 Å². The van der Waals surface area contributed by atoms with Crippen LogP contribution in [0.1, 0.15) is 21.5 Å². The predicted octanol–water partition coefficient (Wildman–Crippen LogP) is 2.89. The van der Waals surface area contributed by atoms with E-state index >= 15 is 0 Å². The number of rotatable bonds is 8. The van der Waals surface area contributed by atoms with Crippen LogP contribution in [0.25, 0.3) is 0 Å². The maximum Gasteiger partial charge on any atom is 0.258 e. The molecule has 0 aliphatic rings. The fourth-order valence-electron chi connectivity index (χ4n) is 2.43. The normalized spacial score (nSPS) is 10.2. The molecule has 27 heavy (non-hydrogen) atoms. The Hall–Kier alpha value is -2.73. The molecule has 0 unspecified atom stereocenters. The molecule has 0 aliphatic carbocycles. The molecule has 2 N–H and O–H groups in total. The van der Waals surface area contributed by atoms with Crippen LogP contribution < -0.4 is 20.1 Å². The highest BCUT2D eigenvalue weighted by atomic mass is 35.5. The van der Waals surface area contributed by atoms with Crippen LogP contribution in [0.4, 0.5) is 0 Å². The van der Waals surface area contributed by atoms with Gasteiger partial charge in [0.2, 0.25) is 0 Å². The summed E-state index contributed by atoms with van der Waals surface area (Å²) in [4.78, 5) is 23.9. The van der Waals surface area contributed by atoms with E-state index < -0.39 is 0 Å². The molecule has 0 radical (unpaired) electrons. The monoisotopic (exact) mass is 390 g/mol. The Bertz CT molecular complexity index is 800. The maximum absolute atomic E-state index is 12.0. The zero-order valence-electron chi connectivity index (χ0n) is 15.6. The second-order valence-corrected chi connectivity index (χ2v) is 6.38. The summed E-state index contributed by atoms with van der Waals surface area (Å²) in [5.74, 6) is 0.707. The van der Waals surface area contributed by atoms with Crippen molar-refractivity contribution < 1.29 is 19.1 Å². The minimum atomic E-state index is -0.268. The number of halogens is 1. The third-order valence-corrected chi connectivity index (χ3v) is 4.44. The predicted molar refractivity (Wildman–Crippen MR) is 105 cm³/mol. The van der Waals surface area contributed by atoms with E-state index in [0.29, 0.717) is 35.2 Å². The molecule has 0 aliphatic heterocycles. The summed E-state index contributed by atoms with van der Waals surface area (Å²) in [6.45, 7) is 4.27. The van der Waals surface area contributed by atoms with E-state index in [9.17, 15) is 9.59 Å². The molecule has 7 heteroatoms. The lowest BCUT2D eigenvalue weighted by molar-refractivity contribution is -0.123. The molecule has 0 atom stereocenters. The Morgan fingerprint density at radius 1 is 1.00 bits per heavy atom. The Kier molecular flexibility index (Phi) is 7.49. The highest BCUT2D eigenvalue weighted by molar-refractivity contribution is 6.32. The zero-order valence-corrected chi connectivity index (χ0v) is 16.4. The van der Waals surface area contributed by atoms with Gasteiger partial charge in [-0.2, -0.15) is 0 Å². The van der Waals surface area contributed by atoms with Gasteiger partial charge in [0.1, 0.15) is 11.5 Å². The van der Waals surface area contributed by atoms with E-state index in [1.54, 1.807) is 43.5 Å². The molecule has 2 aromatic carbocycles. The van der Waals surface area contributed by atoms with Gasteiger partial charge in [0.05, 0.1) is 7.11 Å². The number of amides is 2.